The van der Waals surface area contributed by atoms with Gasteiger partial charge in [-0.3, -0.25) is 9.97 Å². The van der Waals surface area contributed by atoms with Crippen LogP contribution >= 0.6 is 0 Å². The summed E-state index contributed by atoms with van der Waals surface area (Å²) in [6, 6.07) is 21.0. The van der Waals surface area contributed by atoms with Gasteiger partial charge in [-0.2, -0.15) is 0 Å². The van der Waals surface area contributed by atoms with Crippen molar-refractivity contribution in [2.75, 3.05) is 7.11 Å². The maximum Gasteiger partial charge on any atom is 0.178 e. The normalized spacial score (nSPS) is 11.3. The highest BCUT2D eigenvalue weighted by Crippen LogP contribution is 2.40. The first-order valence-corrected chi connectivity index (χ1v) is 10.0. The summed E-state index contributed by atoms with van der Waals surface area (Å²) in [5.74, 6) is 0.670. The van der Waals surface area contributed by atoms with Crippen molar-refractivity contribution < 1.29 is 4.74 Å². The molecule has 0 bridgehead atoms. The molecule has 0 aliphatic rings. The van der Waals surface area contributed by atoms with Gasteiger partial charge in [-0.25, -0.2) is 0 Å². The number of nitrogens with zero attached hydrogens (tertiary/aromatic N) is 3. The van der Waals surface area contributed by atoms with Gasteiger partial charge in [0, 0.05) is 58.4 Å². The summed E-state index contributed by atoms with van der Waals surface area (Å²) in [5.41, 5.74) is 6.93. The number of rotatable bonds is 3. The van der Waals surface area contributed by atoms with Crippen molar-refractivity contribution in [3.8, 4) is 28.1 Å². The molecule has 0 aliphatic heterocycles. The van der Waals surface area contributed by atoms with Crippen LogP contribution in [0, 0.1) is 12.1 Å². The molecule has 0 aliphatic carbocycles. The summed E-state index contributed by atoms with van der Waals surface area (Å²) in [4.78, 5) is 12.3. The zero-order chi connectivity index (χ0) is 20.9. The highest BCUT2D eigenvalue weighted by Gasteiger charge is 2.17. The van der Waals surface area contributed by atoms with Gasteiger partial charge in [0.15, 0.2) is 5.75 Å². The van der Waals surface area contributed by atoms with Gasteiger partial charge in [-0.05, 0) is 54.1 Å². The van der Waals surface area contributed by atoms with Crippen LogP contribution in [0.5, 0.6) is 5.75 Å². The molecule has 4 aromatic heterocycles. The highest BCUT2D eigenvalue weighted by atomic mass is 16.5. The second kappa shape index (κ2) is 6.61. The fourth-order valence-corrected chi connectivity index (χ4v) is 4.28. The molecule has 0 saturated heterocycles. The molecule has 6 aromatic rings. The largest absolute Gasteiger partial charge is 0.488 e. The average molecular weight is 402 g/mol. The minimum Gasteiger partial charge on any atom is -0.488 e. The smallest absolute Gasteiger partial charge is 0.178 e. The van der Waals surface area contributed by atoms with E-state index in [0.29, 0.717) is 5.75 Å². The molecule has 1 N–H and O–H groups in total. The molecule has 0 unspecified atom stereocenters. The van der Waals surface area contributed by atoms with Crippen LogP contribution in [-0.4, -0.2) is 26.6 Å². The summed E-state index contributed by atoms with van der Waals surface area (Å²) in [6.07, 6.45) is 7.53. The van der Waals surface area contributed by atoms with E-state index in [9.17, 15) is 0 Å². The molecular formula is C26H18N4O. The Morgan fingerprint density at radius 1 is 1.03 bits per heavy atom. The Bertz CT molecular complexity index is 1580. The fourth-order valence-electron chi connectivity index (χ4n) is 4.28. The summed E-state index contributed by atoms with van der Waals surface area (Å²) < 4.78 is 7.85. The van der Waals surface area contributed by atoms with Crippen LogP contribution in [0.2, 0.25) is 0 Å². The number of hydrogen-bond acceptors (Lipinski definition) is 3. The number of H-pyrrole nitrogens is 1. The molecule has 5 nitrogen and oxygen atoms in total. The number of ether oxygens (including phenoxy) is 1. The third-order valence-electron chi connectivity index (χ3n) is 5.80. The van der Waals surface area contributed by atoms with Crippen LogP contribution in [0.4, 0.5) is 0 Å². The van der Waals surface area contributed by atoms with Gasteiger partial charge < -0.3 is 14.3 Å². The number of nitrogens with one attached hydrogen (secondary N) is 1. The van der Waals surface area contributed by atoms with Crippen LogP contribution in [0.3, 0.4) is 0 Å². The Kier molecular flexibility index (Phi) is 3.74. The summed E-state index contributed by atoms with van der Waals surface area (Å²) in [6.45, 7) is 0. The Hall–Kier alpha value is -4.30. The Balaban J connectivity index is 1.68. The highest BCUT2D eigenvalue weighted by molar-refractivity contribution is 6.15. The molecule has 148 valence electrons. The molecule has 0 atom stereocenters. The minimum absolute atomic E-state index is 0.670. The van der Waals surface area contributed by atoms with Crippen LogP contribution in [0.25, 0.3) is 55.1 Å². The number of benzene rings is 1. The Morgan fingerprint density at radius 3 is 2.81 bits per heavy atom. The lowest BCUT2D eigenvalue weighted by molar-refractivity contribution is 0.417. The second-order valence-electron chi connectivity index (χ2n) is 7.59. The van der Waals surface area contributed by atoms with Gasteiger partial charge in [0.1, 0.15) is 0 Å². The summed E-state index contributed by atoms with van der Waals surface area (Å²) in [7, 11) is 3.73. The van der Waals surface area contributed by atoms with Gasteiger partial charge in [0.25, 0.3) is 0 Å². The monoisotopic (exact) mass is 402 g/mol. The molecule has 2 aromatic carbocycles. The minimum atomic E-state index is 0.670. The van der Waals surface area contributed by atoms with Gasteiger partial charge in [-0.1, -0.05) is 6.07 Å². The predicted molar refractivity (Wildman–Crippen MR) is 123 cm³/mol. The molecule has 6 rings (SSSR count). The van der Waals surface area contributed by atoms with Crippen molar-refractivity contribution in [2.45, 2.75) is 0 Å². The van der Waals surface area contributed by atoms with Crippen LogP contribution in [0.1, 0.15) is 0 Å². The number of hydrogen-bond donors (Lipinski definition) is 1. The standard InChI is InChI=1S/C26H18N4O/c1-30-11-9-16-12-17(5-7-23(16)30)25-24(31-2)8-6-20-26(25)19-13-21(28-15-22(19)29-20)18-4-3-10-27-14-18/h3-5,7,9-15,29H,1-2H3. The van der Waals surface area contributed by atoms with Crippen molar-refractivity contribution >= 4 is 32.7 Å². The van der Waals surface area contributed by atoms with E-state index in [-0.39, 0.29) is 0 Å². The van der Waals surface area contributed by atoms with E-state index in [4.69, 9.17) is 4.74 Å². The fraction of sp³-hybridized carbons (Fsp3) is 0.0769. The third kappa shape index (κ3) is 2.66. The quantitative estimate of drug-likeness (QED) is 0.422. The van der Waals surface area contributed by atoms with Crippen molar-refractivity contribution in [3.63, 3.8) is 0 Å². The topological polar surface area (TPSA) is 55.7 Å². The number of fused-ring (bicyclic) bond motifs is 4. The van der Waals surface area contributed by atoms with Gasteiger partial charge in [-0.15, -0.1) is 0 Å². The molecule has 0 spiro atoms. The zero-order valence-corrected chi connectivity index (χ0v) is 17.1. The van der Waals surface area contributed by atoms with Crippen molar-refractivity contribution in [1.82, 2.24) is 19.5 Å². The van der Waals surface area contributed by atoms with Gasteiger partial charge in [0.05, 0.1) is 30.0 Å². The first kappa shape index (κ1) is 17.5. The van der Waals surface area contributed by atoms with Crippen LogP contribution < -0.4 is 4.74 Å². The van der Waals surface area contributed by atoms with Gasteiger partial charge >= 0.3 is 0 Å². The van der Waals surface area contributed by atoms with Crippen molar-refractivity contribution in [1.29, 1.82) is 0 Å². The molecule has 5 heteroatoms. The third-order valence-corrected chi connectivity index (χ3v) is 5.80. The lowest BCUT2D eigenvalue weighted by Crippen LogP contribution is -1.89. The summed E-state index contributed by atoms with van der Waals surface area (Å²) in [5, 5.41) is 3.30. The van der Waals surface area contributed by atoms with Crippen molar-refractivity contribution in [3.05, 3.63) is 79.4 Å². The molecule has 31 heavy (non-hydrogen) atoms. The molecule has 0 fully saturated rings. The van der Waals surface area contributed by atoms with E-state index in [0.717, 1.165) is 44.2 Å². The number of pyridine rings is 2. The van der Waals surface area contributed by atoms with Crippen LogP contribution in [-0.2, 0) is 7.05 Å². The van der Waals surface area contributed by atoms with E-state index in [2.05, 4.69) is 75.2 Å². The second-order valence-corrected chi connectivity index (χ2v) is 7.59. The number of aromatic nitrogens is 4. The Morgan fingerprint density at radius 2 is 1.97 bits per heavy atom. The zero-order valence-electron chi connectivity index (χ0n) is 17.1. The number of methoxy groups -OCH3 is 1. The number of aryl methyl sites for hydroxylation is 1. The SMILES string of the molecule is COc1c#cc2[nH]c3cnc(-c4cccnc4)cc3c2c1-c1ccc2c(ccn2C)c1. The average Bonchev–Trinajstić information content (AvgIpc) is 3.38. The maximum absolute atomic E-state index is 5.73. The van der Waals surface area contributed by atoms with E-state index >= 15 is 0 Å². The van der Waals surface area contributed by atoms with Crippen molar-refractivity contribution in [2.24, 2.45) is 7.05 Å². The lowest BCUT2D eigenvalue weighted by Gasteiger charge is -2.09. The molecule has 4 heterocycles. The van der Waals surface area contributed by atoms with Gasteiger partial charge in [0.2, 0.25) is 0 Å². The van der Waals surface area contributed by atoms with E-state index in [1.54, 1.807) is 13.3 Å². The van der Waals surface area contributed by atoms with E-state index in [1.807, 2.05) is 24.5 Å². The molecule has 0 amide bonds. The first-order valence-electron chi connectivity index (χ1n) is 10.0. The first-order chi connectivity index (χ1) is 15.2. The summed E-state index contributed by atoms with van der Waals surface area (Å²) >= 11 is 0. The Labute approximate surface area is 179 Å². The molecule has 0 saturated carbocycles. The van der Waals surface area contributed by atoms with Crippen LogP contribution in [0.15, 0.2) is 67.3 Å². The molecular weight excluding hydrogens is 384 g/mol. The van der Waals surface area contributed by atoms with E-state index in [1.165, 1.54) is 10.9 Å². The lowest BCUT2D eigenvalue weighted by atomic mass is 9.98. The van der Waals surface area contributed by atoms with E-state index < -0.39 is 0 Å². The predicted octanol–water partition coefficient (Wildman–Crippen LogP) is 5.55. The molecule has 0 radical (unpaired) electrons. The maximum atomic E-state index is 5.73. The number of aromatic amines is 1.